The molecule has 3 aromatic rings. The first-order valence-corrected chi connectivity index (χ1v) is 8.65. The van der Waals surface area contributed by atoms with Gasteiger partial charge in [0.25, 0.3) is 0 Å². The van der Waals surface area contributed by atoms with Gasteiger partial charge < -0.3 is 9.47 Å². The molecule has 5 heteroatoms. The molecule has 0 saturated carbocycles. The smallest absolute Gasteiger partial charge is 0.342 e. The van der Waals surface area contributed by atoms with Gasteiger partial charge in [0.05, 0.1) is 7.11 Å². The average molecular weight is 381 g/mol. The van der Waals surface area contributed by atoms with E-state index in [0.717, 1.165) is 11.1 Å². The molecule has 0 aliphatic heterocycles. The molecular weight excluding hydrogens is 364 g/mol. The first kappa shape index (κ1) is 18.7. The molecule has 0 N–H and O–H groups in total. The van der Waals surface area contributed by atoms with E-state index in [-0.39, 0.29) is 18.0 Å². The van der Waals surface area contributed by atoms with Crippen LogP contribution in [0.3, 0.4) is 0 Å². The second-order valence-corrected chi connectivity index (χ2v) is 6.22. The molecule has 0 atom stereocenters. The second kappa shape index (κ2) is 8.52. The maximum absolute atomic E-state index is 12.3. The van der Waals surface area contributed by atoms with Gasteiger partial charge in [0.15, 0.2) is 12.4 Å². The number of rotatable bonds is 6. The summed E-state index contributed by atoms with van der Waals surface area (Å²) in [5.74, 6) is -0.614. The molecule has 0 spiro atoms. The molecule has 0 unspecified atom stereocenters. The summed E-state index contributed by atoms with van der Waals surface area (Å²) >= 11 is 5.91. The van der Waals surface area contributed by atoms with Crippen LogP contribution in [-0.4, -0.2) is 25.5 Å². The molecule has 0 radical (unpaired) electrons. The van der Waals surface area contributed by atoms with Gasteiger partial charge in [-0.15, -0.1) is 0 Å². The quantitative estimate of drug-likeness (QED) is 0.443. The largest absolute Gasteiger partial charge is 0.496 e. The first-order valence-electron chi connectivity index (χ1n) is 8.28. The van der Waals surface area contributed by atoms with E-state index in [2.05, 4.69) is 0 Å². The van der Waals surface area contributed by atoms with Crippen LogP contribution in [0.4, 0.5) is 0 Å². The number of carbonyl (C=O) groups excluding carboxylic acids is 2. The SMILES string of the molecule is COc1ccc(Cl)cc1C(=O)OCC(=O)c1ccc(-c2ccccc2)cc1. The molecule has 0 fully saturated rings. The molecule has 27 heavy (non-hydrogen) atoms. The van der Waals surface area contributed by atoms with Gasteiger partial charge in [-0.25, -0.2) is 4.79 Å². The Morgan fingerprint density at radius 3 is 2.22 bits per heavy atom. The van der Waals surface area contributed by atoms with Gasteiger partial charge in [-0.2, -0.15) is 0 Å². The number of hydrogen-bond donors (Lipinski definition) is 0. The number of methoxy groups -OCH3 is 1. The number of Topliss-reactive ketones (excluding diaryl/α,β-unsaturated/α-hetero) is 1. The maximum Gasteiger partial charge on any atom is 0.342 e. The zero-order valence-electron chi connectivity index (χ0n) is 14.6. The molecule has 0 aliphatic rings. The third kappa shape index (κ3) is 4.54. The van der Waals surface area contributed by atoms with Crippen LogP contribution in [0.5, 0.6) is 5.75 Å². The zero-order chi connectivity index (χ0) is 19.2. The molecule has 0 aliphatic carbocycles. The van der Waals surface area contributed by atoms with E-state index in [0.29, 0.717) is 16.3 Å². The number of carbonyl (C=O) groups is 2. The van der Waals surface area contributed by atoms with Gasteiger partial charge in [-0.05, 0) is 29.3 Å². The second-order valence-electron chi connectivity index (χ2n) is 5.79. The van der Waals surface area contributed by atoms with Gasteiger partial charge in [0.2, 0.25) is 0 Å². The first-order chi connectivity index (χ1) is 13.1. The van der Waals surface area contributed by atoms with Crippen molar-refractivity contribution < 1.29 is 19.1 Å². The Kier molecular flexibility index (Phi) is 5.89. The number of halogens is 1. The van der Waals surface area contributed by atoms with Crippen molar-refractivity contribution in [2.45, 2.75) is 0 Å². The maximum atomic E-state index is 12.3. The molecule has 3 aromatic carbocycles. The van der Waals surface area contributed by atoms with Gasteiger partial charge in [-0.1, -0.05) is 66.2 Å². The van der Waals surface area contributed by atoms with E-state index < -0.39 is 5.97 Å². The summed E-state index contributed by atoms with van der Waals surface area (Å²) in [4.78, 5) is 24.6. The minimum absolute atomic E-state index is 0.178. The highest BCUT2D eigenvalue weighted by atomic mass is 35.5. The van der Waals surface area contributed by atoms with E-state index >= 15 is 0 Å². The monoisotopic (exact) mass is 380 g/mol. The van der Waals surface area contributed by atoms with Crippen molar-refractivity contribution in [1.29, 1.82) is 0 Å². The molecule has 0 saturated heterocycles. The highest BCUT2D eigenvalue weighted by molar-refractivity contribution is 6.31. The van der Waals surface area contributed by atoms with Crippen molar-refractivity contribution in [3.63, 3.8) is 0 Å². The van der Waals surface area contributed by atoms with Crippen LogP contribution < -0.4 is 4.74 Å². The number of ketones is 1. The summed E-state index contributed by atoms with van der Waals surface area (Å²) in [7, 11) is 1.44. The number of ether oxygens (including phenoxy) is 2. The average Bonchev–Trinajstić information content (AvgIpc) is 2.72. The highest BCUT2D eigenvalue weighted by Crippen LogP contribution is 2.23. The van der Waals surface area contributed by atoms with E-state index in [9.17, 15) is 9.59 Å². The van der Waals surface area contributed by atoms with Crippen LogP contribution in [0.2, 0.25) is 5.02 Å². The summed E-state index contributed by atoms with van der Waals surface area (Å²) < 4.78 is 10.3. The summed E-state index contributed by atoms with van der Waals surface area (Å²) in [6.07, 6.45) is 0. The van der Waals surface area contributed by atoms with Crippen molar-refractivity contribution in [3.05, 3.63) is 88.9 Å². The molecule has 0 amide bonds. The van der Waals surface area contributed by atoms with Crippen LogP contribution >= 0.6 is 11.6 Å². The fraction of sp³-hybridized carbons (Fsp3) is 0.0909. The van der Waals surface area contributed by atoms with E-state index in [1.807, 2.05) is 42.5 Å². The lowest BCUT2D eigenvalue weighted by molar-refractivity contribution is 0.0471. The molecule has 3 rings (SSSR count). The van der Waals surface area contributed by atoms with Crippen LogP contribution in [0.25, 0.3) is 11.1 Å². The highest BCUT2D eigenvalue weighted by Gasteiger charge is 2.16. The van der Waals surface area contributed by atoms with Crippen LogP contribution in [-0.2, 0) is 4.74 Å². The number of benzene rings is 3. The Morgan fingerprint density at radius 2 is 1.56 bits per heavy atom. The molecule has 4 nitrogen and oxygen atoms in total. The van der Waals surface area contributed by atoms with Crippen molar-refractivity contribution in [2.75, 3.05) is 13.7 Å². The van der Waals surface area contributed by atoms with Gasteiger partial charge in [-0.3, -0.25) is 4.79 Å². The molecular formula is C22H17ClO4. The van der Waals surface area contributed by atoms with Gasteiger partial charge >= 0.3 is 5.97 Å². The lowest BCUT2D eigenvalue weighted by Crippen LogP contribution is -2.15. The number of hydrogen-bond acceptors (Lipinski definition) is 4. The lowest BCUT2D eigenvalue weighted by atomic mass is 10.0. The molecule has 0 aromatic heterocycles. The Balaban J connectivity index is 1.66. The normalized spacial score (nSPS) is 10.3. The Labute approximate surface area is 162 Å². The van der Waals surface area contributed by atoms with Crippen molar-refractivity contribution in [1.82, 2.24) is 0 Å². The molecule has 136 valence electrons. The van der Waals surface area contributed by atoms with Crippen LogP contribution in [0, 0.1) is 0 Å². The fourth-order valence-electron chi connectivity index (χ4n) is 2.61. The van der Waals surface area contributed by atoms with Gasteiger partial charge in [0.1, 0.15) is 11.3 Å². The third-order valence-electron chi connectivity index (χ3n) is 4.03. The fourth-order valence-corrected chi connectivity index (χ4v) is 2.78. The Bertz CT molecular complexity index is 950. The Hall–Kier alpha value is -3.11. The molecule has 0 heterocycles. The van der Waals surface area contributed by atoms with E-state index in [1.165, 1.54) is 13.2 Å². The summed E-state index contributed by atoms with van der Waals surface area (Å²) in [6, 6.07) is 21.7. The number of esters is 1. The molecule has 0 bridgehead atoms. The van der Waals surface area contributed by atoms with E-state index in [4.69, 9.17) is 21.1 Å². The third-order valence-corrected chi connectivity index (χ3v) is 4.26. The lowest BCUT2D eigenvalue weighted by Gasteiger charge is -2.09. The van der Waals surface area contributed by atoms with Crippen LogP contribution in [0.1, 0.15) is 20.7 Å². The summed E-state index contributed by atoms with van der Waals surface area (Å²) in [5.41, 5.74) is 2.72. The minimum Gasteiger partial charge on any atom is -0.496 e. The zero-order valence-corrected chi connectivity index (χ0v) is 15.4. The minimum atomic E-state index is -0.663. The standard InChI is InChI=1S/C22H17ClO4/c1-26-21-12-11-18(23)13-19(21)22(25)27-14-20(24)17-9-7-16(8-10-17)15-5-3-2-4-6-15/h2-13H,14H2,1H3. The summed E-state index contributed by atoms with van der Waals surface area (Å²) in [5, 5.41) is 0.380. The topological polar surface area (TPSA) is 52.6 Å². The van der Waals surface area contributed by atoms with Crippen molar-refractivity contribution in [3.8, 4) is 16.9 Å². The van der Waals surface area contributed by atoms with Gasteiger partial charge in [0, 0.05) is 10.6 Å². The van der Waals surface area contributed by atoms with Crippen LogP contribution in [0.15, 0.2) is 72.8 Å². The Morgan fingerprint density at radius 1 is 0.889 bits per heavy atom. The van der Waals surface area contributed by atoms with E-state index in [1.54, 1.807) is 24.3 Å². The van der Waals surface area contributed by atoms with Crippen molar-refractivity contribution >= 4 is 23.4 Å². The predicted molar refractivity (Wildman–Crippen MR) is 104 cm³/mol. The predicted octanol–water partition coefficient (Wildman–Crippen LogP) is 5.06. The van der Waals surface area contributed by atoms with Crippen molar-refractivity contribution in [2.24, 2.45) is 0 Å². The summed E-state index contributed by atoms with van der Waals surface area (Å²) in [6.45, 7) is -0.362.